The minimum Gasteiger partial charge on any atom is -0.504 e. The largest absolute Gasteiger partial charge is 0.504 e. The molecule has 4 aromatic rings. The second-order valence-electron chi connectivity index (χ2n) is 12.5. The number of phenols is 12. The van der Waals surface area contributed by atoms with E-state index in [4.69, 9.17) is 24.0 Å². The monoisotopic (exact) mass is 770 g/mol. The Morgan fingerprint density at radius 1 is 0.673 bits per heavy atom. The first kappa shape index (κ1) is 37.6. The normalized spacial score (nSPS) is 20.7. The molecule has 0 aliphatic carbocycles. The van der Waals surface area contributed by atoms with Crippen molar-refractivity contribution in [3.63, 3.8) is 0 Å². The van der Waals surface area contributed by atoms with E-state index in [9.17, 15) is 75.7 Å². The average molecular weight is 771 g/mol. The fourth-order valence-electron chi connectivity index (χ4n) is 6.27. The quantitative estimate of drug-likeness (QED) is 0.0600. The maximum absolute atomic E-state index is 13.8. The summed E-state index contributed by atoms with van der Waals surface area (Å²) in [5.41, 5.74) is -3.15. The number of phenolic OH excluding ortho intramolecular Hbond substituents is 12. The van der Waals surface area contributed by atoms with Gasteiger partial charge in [-0.1, -0.05) is 0 Å². The van der Waals surface area contributed by atoms with Crippen molar-refractivity contribution in [3.05, 3.63) is 53.1 Å². The Hall–Kier alpha value is -7.19. The van der Waals surface area contributed by atoms with Crippen molar-refractivity contribution < 1.29 is 99.6 Å². The lowest BCUT2D eigenvalue weighted by atomic mass is 9.81. The summed E-state index contributed by atoms with van der Waals surface area (Å²) in [6.45, 7) is 0.593. The van der Waals surface area contributed by atoms with Crippen molar-refractivity contribution in [1.82, 2.24) is 0 Å². The van der Waals surface area contributed by atoms with Gasteiger partial charge in [-0.2, -0.15) is 4.89 Å². The Bertz CT molecular complexity index is 2200. The highest BCUT2D eigenvalue weighted by molar-refractivity contribution is 6.03. The van der Waals surface area contributed by atoms with Crippen LogP contribution in [0.4, 0.5) is 0 Å². The molecular formula is C35H30O20. The summed E-state index contributed by atoms with van der Waals surface area (Å²) in [6.07, 6.45) is -6.67. The van der Waals surface area contributed by atoms with Gasteiger partial charge in [-0.25, -0.2) is 9.59 Å². The summed E-state index contributed by atoms with van der Waals surface area (Å²) >= 11 is 0. The van der Waals surface area contributed by atoms with Crippen LogP contribution in [0.2, 0.25) is 0 Å². The number of fused-ring (bicyclic) bond motifs is 4. The second-order valence-corrected chi connectivity index (χ2v) is 12.5. The van der Waals surface area contributed by atoms with Crippen molar-refractivity contribution in [2.24, 2.45) is 5.92 Å². The average Bonchev–Trinajstić information content (AvgIpc) is 3.15. The van der Waals surface area contributed by atoms with Crippen LogP contribution in [0, 0.1) is 5.92 Å². The van der Waals surface area contributed by atoms with Crippen LogP contribution >= 0.6 is 0 Å². The molecule has 1 saturated heterocycles. The number of hydrogen-bond acceptors (Lipinski definition) is 20. The van der Waals surface area contributed by atoms with Gasteiger partial charge in [0.05, 0.1) is 22.8 Å². The van der Waals surface area contributed by atoms with Gasteiger partial charge in [-0.05, 0) is 37.3 Å². The van der Waals surface area contributed by atoms with Gasteiger partial charge in [0.2, 0.25) is 11.5 Å². The molecule has 12 N–H and O–H groups in total. The predicted molar refractivity (Wildman–Crippen MR) is 176 cm³/mol. The number of benzene rings is 4. The zero-order valence-electron chi connectivity index (χ0n) is 27.9. The van der Waals surface area contributed by atoms with E-state index in [1.807, 2.05) is 0 Å². The van der Waals surface area contributed by atoms with Crippen LogP contribution in [0.1, 0.15) is 44.4 Å². The molecule has 1 fully saturated rings. The minimum absolute atomic E-state index is 0.368. The van der Waals surface area contributed by atoms with E-state index in [1.54, 1.807) is 0 Å². The van der Waals surface area contributed by atoms with Crippen molar-refractivity contribution in [2.75, 3.05) is 6.61 Å². The summed E-state index contributed by atoms with van der Waals surface area (Å²) in [5.74, 6) is -18.0. The molecule has 0 amide bonds. The first-order chi connectivity index (χ1) is 25.9. The smallest absolute Gasteiger partial charge is 0.339 e. The summed E-state index contributed by atoms with van der Waals surface area (Å²) in [7, 11) is 0. The van der Waals surface area contributed by atoms with Gasteiger partial charge in [0, 0.05) is 29.5 Å². The number of ketones is 1. The van der Waals surface area contributed by atoms with E-state index in [2.05, 4.69) is 0 Å². The molecule has 20 heteroatoms. The third-order valence-electron chi connectivity index (χ3n) is 8.99. The van der Waals surface area contributed by atoms with Gasteiger partial charge >= 0.3 is 11.9 Å². The molecule has 4 aromatic carbocycles. The maximum Gasteiger partial charge on any atom is 0.339 e. The molecule has 5 atom stereocenters. The lowest BCUT2D eigenvalue weighted by molar-refractivity contribution is -0.320. The summed E-state index contributed by atoms with van der Waals surface area (Å²) in [4.78, 5) is 52.0. The maximum atomic E-state index is 13.8. The molecule has 0 spiro atoms. The van der Waals surface area contributed by atoms with E-state index in [-0.39, 0.29) is 5.56 Å². The summed E-state index contributed by atoms with van der Waals surface area (Å²) in [6, 6.07) is 4.47. The molecule has 2 heterocycles. The van der Waals surface area contributed by atoms with Crippen LogP contribution < -0.4 is 4.89 Å². The van der Waals surface area contributed by atoms with Gasteiger partial charge < -0.3 is 80.4 Å². The number of carbonyl (C=O) groups is 3. The molecule has 6 rings (SSSR count). The first-order valence-corrected chi connectivity index (χ1v) is 15.9. The molecule has 0 aromatic heterocycles. The number of rotatable bonds is 5. The van der Waals surface area contributed by atoms with Gasteiger partial charge in [0.25, 0.3) is 0 Å². The highest BCUT2D eigenvalue weighted by atomic mass is 17.2. The van der Waals surface area contributed by atoms with Crippen LogP contribution in [-0.4, -0.2) is 110 Å². The first-order valence-electron chi connectivity index (χ1n) is 15.9. The Labute approximate surface area is 306 Å². The minimum atomic E-state index is -1.69. The van der Waals surface area contributed by atoms with Crippen LogP contribution in [-0.2, 0) is 19.1 Å². The zero-order chi connectivity index (χ0) is 40.2. The number of ether oxygens (including phenoxy) is 3. The molecule has 2 unspecified atom stereocenters. The van der Waals surface area contributed by atoms with E-state index in [0.717, 1.165) is 24.3 Å². The Kier molecular flexibility index (Phi) is 9.55. The van der Waals surface area contributed by atoms with Gasteiger partial charge in [0.15, 0.2) is 69.0 Å². The number of carbonyl (C=O) groups excluding carboxylic acids is 3. The molecule has 55 heavy (non-hydrogen) atoms. The Morgan fingerprint density at radius 2 is 1.18 bits per heavy atom. The molecule has 0 radical (unpaired) electrons. The Balaban J connectivity index is 1.48. The molecule has 0 saturated carbocycles. The van der Waals surface area contributed by atoms with E-state index < -0.39 is 158 Å². The van der Waals surface area contributed by atoms with E-state index >= 15 is 0 Å². The van der Waals surface area contributed by atoms with Crippen LogP contribution in [0.15, 0.2) is 36.4 Å². The topological polar surface area (TPSA) is 340 Å². The number of Topliss-reactive ketones (excluding diaryl/α,β-unsaturated/α-hetero) is 1. The number of aromatic hydroxyl groups is 12. The van der Waals surface area contributed by atoms with Crippen molar-refractivity contribution in [3.8, 4) is 85.9 Å². The molecule has 20 nitrogen and oxygen atoms in total. The fourth-order valence-corrected chi connectivity index (χ4v) is 6.27. The molecular weight excluding hydrogens is 740 g/mol. The van der Waals surface area contributed by atoms with Crippen molar-refractivity contribution in [2.45, 2.75) is 37.8 Å². The molecule has 290 valence electrons. The van der Waals surface area contributed by atoms with Gasteiger partial charge in [-0.15, -0.1) is 0 Å². The molecule has 2 aliphatic heterocycles. The SMILES string of the molecule is C[C@@H]1OC2COC(=O)c3cc(O)c(O)c(O)c3-c3c(cc(O)c(O)c3O)OO[C@H]2[C@H](CC(=O)c2cc(O)c(O)c(O)c2)C1OC(=O)c1cc(O)c(O)c(O)c1. The zero-order valence-corrected chi connectivity index (χ0v) is 27.9. The number of hydrogen-bond donors (Lipinski definition) is 12. The van der Waals surface area contributed by atoms with E-state index in [0.29, 0.717) is 12.1 Å². The highest BCUT2D eigenvalue weighted by Crippen LogP contribution is 2.55. The summed E-state index contributed by atoms with van der Waals surface area (Å²) in [5, 5.41) is 123. The van der Waals surface area contributed by atoms with Crippen LogP contribution in [0.25, 0.3) is 11.1 Å². The third-order valence-corrected chi connectivity index (χ3v) is 8.99. The van der Waals surface area contributed by atoms with E-state index in [1.165, 1.54) is 6.92 Å². The predicted octanol–water partition coefficient (Wildman–Crippen LogP) is 2.57. The third kappa shape index (κ3) is 6.66. The van der Waals surface area contributed by atoms with Crippen LogP contribution in [0.3, 0.4) is 0 Å². The fraction of sp³-hybridized carbons (Fsp3) is 0.229. The lowest BCUT2D eigenvalue weighted by Crippen LogP contribution is -2.57. The highest BCUT2D eigenvalue weighted by Gasteiger charge is 2.50. The standard InChI is InChI=1S/C35H30O20/c1-10-32(53-34(49)12-4-18(39)27(44)19(40)5-12)14(7-15(36)11-2-16(37)26(43)17(38)3-11)33-23(52-10)9-51-35(50)13-6-20(41)28(45)30(47)24(13)25-22(54-55-33)8-21(42)29(46)31(25)48/h2-6,8,10,14,23,32-33,37-48H,7,9H2,1H3/t10-,14+,23?,32?,33-/m0/s1. The second kappa shape index (κ2) is 14.0. The van der Waals surface area contributed by atoms with Gasteiger partial charge in [0.1, 0.15) is 24.9 Å². The molecule has 2 aliphatic rings. The van der Waals surface area contributed by atoms with Crippen molar-refractivity contribution >= 4 is 17.7 Å². The number of cyclic esters (lactones) is 1. The number of esters is 2. The molecule has 0 bridgehead atoms. The van der Waals surface area contributed by atoms with Crippen LogP contribution in [0.5, 0.6) is 74.7 Å². The summed E-state index contributed by atoms with van der Waals surface area (Å²) < 4.78 is 17.1. The van der Waals surface area contributed by atoms with Gasteiger partial charge in [-0.3, -0.25) is 4.79 Å². The van der Waals surface area contributed by atoms with Crippen molar-refractivity contribution in [1.29, 1.82) is 0 Å². The Morgan fingerprint density at radius 3 is 1.76 bits per heavy atom. The lowest BCUT2D eigenvalue weighted by Gasteiger charge is -2.44.